The standard InChI is InChI=1S/C30H38N6O4/c1-18(31-3)28(37)34-27(20-10-5-4-6-11-20)29(38)35-15-9-14-26(35)24-16-23(32-19(2)33-24)22-17-36(30(39)40)25-13-8-7-12-21(22)25/h7-8,12-13,16-18,20,26-27,31H,4-6,9-11,14-15H2,1-3H3,(H,34,37)(H,39,40). The van der Waals surface area contributed by atoms with Gasteiger partial charge in [-0.05, 0) is 64.6 Å². The Labute approximate surface area is 234 Å². The van der Waals surface area contributed by atoms with Crippen LogP contribution in [0, 0.1) is 12.8 Å². The molecule has 40 heavy (non-hydrogen) atoms. The Morgan fingerprint density at radius 3 is 2.52 bits per heavy atom. The number of likely N-dealkylation sites (N-methyl/N-ethyl adjacent to an activating group) is 1. The number of rotatable bonds is 7. The second-order valence-electron chi connectivity index (χ2n) is 11.0. The summed E-state index contributed by atoms with van der Waals surface area (Å²) < 4.78 is 1.21. The van der Waals surface area contributed by atoms with Crippen LogP contribution >= 0.6 is 0 Å². The fourth-order valence-electron chi connectivity index (χ4n) is 6.22. The minimum absolute atomic E-state index is 0.0497. The molecule has 10 heteroatoms. The molecule has 2 amide bonds. The first-order valence-electron chi connectivity index (χ1n) is 14.3. The number of aryl methyl sites for hydroxylation is 1. The lowest BCUT2D eigenvalue weighted by Gasteiger charge is -2.35. The van der Waals surface area contributed by atoms with Gasteiger partial charge in [-0.1, -0.05) is 37.5 Å². The van der Waals surface area contributed by atoms with Gasteiger partial charge in [-0.15, -0.1) is 0 Å². The Kier molecular flexibility index (Phi) is 8.16. The first-order valence-corrected chi connectivity index (χ1v) is 14.3. The number of para-hydroxylation sites is 1. The zero-order valence-electron chi connectivity index (χ0n) is 23.4. The zero-order chi connectivity index (χ0) is 28.4. The summed E-state index contributed by atoms with van der Waals surface area (Å²) >= 11 is 0. The maximum atomic E-state index is 14.1. The van der Waals surface area contributed by atoms with Crippen molar-refractivity contribution in [1.82, 2.24) is 30.1 Å². The van der Waals surface area contributed by atoms with Crippen molar-refractivity contribution in [2.45, 2.75) is 76.9 Å². The summed E-state index contributed by atoms with van der Waals surface area (Å²) in [7, 11) is 1.74. The first kappa shape index (κ1) is 27.8. The van der Waals surface area contributed by atoms with E-state index in [1.165, 1.54) is 4.57 Å². The van der Waals surface area contributed by atoms with Crippen LogP contribution in [-0.4, -0.2) is 68.1 Å². The van der Waals surface area contributed by atoms with Gasteiger partial charge < -0.3 is 20.6 Å². The molecule has 1 aliphatic heterocycles. The van der Waals surface area contributed by atoms with Gasteiger partial charge in [0.05, 0.1) is 29.0 Å². The van der Waals surface area contributed by atoms with Crippen LogP contribution in [0.15, 0.2) is 36.5 Å². The number of nitrogens with one attached hydrogen (secondary N) is 2. The van der Waals surface area contributed by atoms with Gasteiger partial charge in [0.1, 0.15) is 11.9 Å². The van der Waals surface area contributed by atoms with Gasteiger partial charge in [0.15, 0.2) is 0 Å². The van der Waals surface area contributed by atoms with E-state index in [9.17, 15) is 19.5 Å². The van der Waals surface area contributed by atoms with Gasteiger partial charge in [0, 0.05) is 23.7 Å². The molecular formula is C30H38N6O4. The largest absolute Gasteiger partial charge is 0.464 e. The number of likely N-dealkylation sites (tertiary alicyclic amines) is 1. The van der Waals surface area contributed by atoms with E-state index in [1.807, 2.05) is 36.1 Å². The lowest BCUT2D eigenvalue weighted by Crippen LogP contribution is -2.55. The summed E-state index contributed by atoms with van der Waals surface area (Å²) in [5, 5.41) is 16.6. The molecular weight excluding hydrogens is 508 g/mol. The molecule has 2 fully saturated rings. The highest BCUT2D eigenvalue weighted by molar-refractivity contribution is 5.99. The number of amides is 2. The van der Waals surface area contributed by atoms with Crippen LogP contribution in [0.25, 0.3) is 22.2 Å². The second kappa shape index (κ2) is 11.8. The monoisotopic (exact) mass is 546 g/mol. The van der Waals surface area contributed by atoms with E-state index >= 15 is 0 Å². The topological polar surface area (TPSA) is 129 Å². The maximum absolute atomic E-state index is 14.1. The Balaban J connectivity index is 1.48. The molecule has 10 nitrogen and oxygen atoms in total. The van der Waals surface area contributed by atoms with Gasteiger partial charge in [0.2, 0.25) is 11.8 Å². The number of carbonyl (C=O) groups excluding carboxylic acids is 2. The van der Waals surface area contributed by atoms with Crippen molar-refractivity contribution in [2.24, 2.45) is 5.92 Å². The van der Waals surface area contributed by atoms with Gasteiger partial charge >= 0.3 is 6.09 Å². The summed E-state index contributed by atoms with van der Waals surface area (Å²) in [6.45, 7) is 4.21. The lowest BCUT2D eigenvalue weighted by atomic mass is 9.83. The molecule has 1 saturated carbocycles. The SMILES string of the molecule is CNC(C)C(=O)NC(C(=O)N1CCCC1c1cc(-c2cn(C(=O)O)c3ccccc23)nc(C)n1)C1CCCCC1. The molecule has 2 aliphatic rings. The van der Waals surface area contributed by atoms with Crippen molar-refractivity contribution < 1.29 is 19.5 Å². The van der Waals surface area contributed by atoms with Crippen LogP contribution in [0.5, 0.6) is 0 Å². The molecule has 1 aromatic carbocycles. The van der Waals surface area contributed by atoms with Crippen LogP contribution < -0.4 is 10.6 Å². The van der Waals surface area contributed by atoms with Crippen molar-refractivity contribution >= 4 is 28.8 Å². The summed E-state index contributed by atoms with van der Waals surface area (Å²) in [4.78, 5) is 50.2. The van der Waals surface area contributed by atoms with Crippen molar-refractivity contribution in [3.05, 3.63) is 48.0 Å². The Morgan fingerprint density at radius 2 is 1.80 bits per heavy atom. The number of benzene rings is 1. The van der Waals surface area contributed by atoms with Gasteiger partial charge in [-0.25, -0.2) is 14.8 Å². The molecule has 1 aliphatic carbocycles. The highest BCUT2D eigenvalue weighted by atomic mass is 16.4. The molecule has 3 atom stereocenters. The average Bonchev–Trinajstić information content (AvgIpc) is 3.61. The van der Waals surface area contributed by atoms with Crippen LogP contribution in [-0.2, 0) is 9.59 Å². The molecule has 0 radical (unpaired) electrons. The number of nitrogens with zero attached hydrogens (tertiary/aromatic N) is 4. The average molecular weight is 547 g/mol. The molecule has 5 rings (SSSR count). The highest BCUT2D eigenvalue weighted by Gasteiger charge is 2.39. The third kappa shape index (κ3) is 5.45. The molecule has 3 unspecified atom stereocenters. The van der Waals surface area contributed by atoms with Crippen molar-refractivity contribution in [2.75, 3.05) is 13.6 Å². The van der Waals surface area contributed by atoms with Crippen LogP contribution in [0.4, 0.5) is 4.79 Å². The summed E-state index contributed by atoms with van der Waals surface area (Å²) in [6, 6.07) is 8.01. The first-order chi connectivity index (χ1) is 19.3. The maximum Gasteiger partial charge on any atom is 0.416 e. The summed E-state index contributed by atoms with van der Waals surface area (Å²) in [6.07, 6.45) is 7.26. The molecule has 3 aromatic rings. The lowest BCUT2D eigenvalue weighted by molar-refractivity contribution is -0.139. The second-order valence-corrected chi connectivity index (χ2v) is 11.0. The van der Waals surface area contributed by atoms with Crippen LogP contribution in [0.2, 0.25) is 0 Å². The Morgan fingerprint density at radius 1 is 1.05 bits per heavy atom. The van der Waals surface area contributed by atoms with Crippen LogP contribution in [0.3, 0.4) is 0 Å². The van der Waals surface area contributed by atoms with E-state index in [0.717, 1.165) is 56.0 Å². The van der Waals surface area contributed by atoms with E-state index in [1.54, 1.807) is 26.2 Å². The van der Waals surface area contributed by atoms with E-state index < -0.39 is 18.2 Å². The smallest absolute Gasteiger partial charge is 0.416 e. The Bertz CT molecular complexity index is 1410. The molecule has 0 bridgehead atoms. The number of fused-ring (bicyclic) bond motifs is 1. The summed E-state index contributed by atoms with van der Waals surface area (Å²) in [5.74, 6) is 0.447. The number of aromatic nitrogens is 3. The normalized spacial score (nSPS) is 19.5. The number of hydrogen-bond donors (Lipinski definition) is 3. The fraction of sp³-hybridized carbons (Fsp3) is 0.500. The van der Waals surface area contributed by atoms with E-state index in [2.05, 4.69) is 15.6 Å². The summed E-state index contributed by atoms with van der Waals surface area (Å²) in [5.41, 5.74) is 2.65. The van der Waals surface area contributed by atoms with E-state index in [-0.39, 0.29) is 23.8 Å². The molecule has 1 saturated heterocycles. The number of carboxylic acid groups (broad SMARTS) is 1. The molecule has 2 aromatic heterocycles. The third-order valence-corrected chi connectivity index (χ3v) is 8.44. The van der Waals surface area contributed by atoms with Gasteiger partial charge in [0.25, 0.3) is 0 Å². The quantitative estimate of drug-likeness (QED) is 0.404. The Hall–Kier alpha value is -3.79. The van der Waals surface area contributed by atoms with Crippen molar-refractivity contribution in [1.29, 1.82) is 0 Å². The number of carbonyl (C=O) groups is 3. The van der Waals surface area contributed by atoms with E-state index in [0.29, 0.717) is 29.1 Å². The zero-order valence-corrected chi connectivity index (χ0v) is 23.4. The van der Waals surface area contributed by atoms with Gasteiger partial charge in [-0.2, -0.15) is 0 Å². The molecule has 0 spiro atoms. The fourth-order valence-corrected chi connectivity index (χ4v) is 6.22. The predicted molar refractivity (Wildman–Crippen MR) is 152 cm³/mol. The third-order valence-electron chi connectivity index (χ3n) is 8.44. The predicted octanol–water partition coefficient (Wildman–Crippen LogP) is 4.27. The molecule has 212 valence electrons. The van der Waals surface area contributed by atoms with Gasteiger partial charge in [-0.3, -0.25) is 14.2 Å². The van der Waals surface area contributed by atoms with Crippen molar-refractivity contribution in [3.8, 4) is 11.3 Å². The van der Waals surface area contributed by atoms with Crippen LogP contribution in [0.1, 0.15) is 69.4 Å². The van der Waals surface area contributed by atoms with E-state index in [4.69, 9.17) is 4.98 Å². The van der Waals surface area contributed by atoms with Crippen molar-refractivity contribution in [3.63, 3.8) is 0 Å². The minimum atomic E-state index is -1.07. The number of hydrogen-bond acceptors (Lipinski definition) is 6. The molecule has 3 heterocycles. The highest BCUT2D eigenvalue weighted by Crippen LogP contribution is 2.37. The minimum Gasteiger partial charge on any atom is -0.464 e. The molecule has 3 N–H and O–H groups in total.